The van der Waals surface area contributed by atoms with Gasteiger partial charge < -0.3 is 37.5 Å². The molecule has 5 rings (SSSR count). The number of carbonyl (C=O) groups is 4. The van der Waals surface area contributed by atoms with Crippen LogP contribution in [0.5, 0.6) is 0 Å². The summed E-state index contributed by atoms with van der Waals surface area (Å²) in [6.07, 6.45) is 1.16. The molecule has 0 aliphatic rings. The van der Waals surface area contributed by atoms with E-state index in [1.807, 2.05) is 0 Å². The number of carboxylic acid groups (broad SMARTS) is 1. The van der Waals surface area contributed by atoms with Crippen LogP contribution in [0.3, 0.4) is 0 Å². The Labute approximate surface area is 255 Å². The van der Waals surface area contributed by atoms with Gasteiger partial charge in [0.1, 0.15) is 34.6 Å². The van der Waals surface area contributed by atoms with Gasteiger partial charge in [0.05, 0.1) is 5.56 Å². The number of benzene rings is 2. The molecule has 0 unspecified atom stereocenters. The number of amides is 3. The van der Waals surface area contributed by atoms with E-state index in [4.69, 9.17) is 16.6 Å². The normalized spacial score (nSPS) is 11.7. The first-order valence-corrected chi connectivity index (χ1v) is 13.3. The summed E-state index contributed by atoms with van der Waals surface area (Å²) < 4.78 is 15.3. The summed E-state index contributed by atoms with van der Waals surface area (Å²) in [7, 11) is 0. The number of nitrogen functional groups attached to an aromatic ring is 1. The second-order valence-electron chi connectivity index (χ2n) is 9.96. The average Bonchev–Trinajstić information content (AvgIpc) is 3.42. The van der Waals surface area contributed by atoms with E-state index in [1.165, 1.54) is 36.4 Å². The summed E-state index contributed by atoms with van der Waals surface area (Å²) in [6, 6.07) is 8.62. The highest BCUT2D eigenvalue weighted by molar-refractivity contribution is 6.00. The Hall–Kier alpha value is -6.65. The highest BCUT2D eigenvalue weighted by atomic mass is 19.1. The van der Waals surface area contributed by atoms with Gasteiger partial charge in [-0.25, -0.2) is 23.4 Å². The Morgan fingerprint density at radius 3 is 2.35 bits per heavy atom. The number of anilines is 2. The molecule has 46 heavy (non-hydrogen) atoms. The molecule has 1 atom stereocenters. The number of fused-ring (bicyclic) bond motifs is 1. The number of aromatic nitrogens is 3. The highest BCUT2D eigenvalue weighted by Gasteiger charge is 2.25. The number of rotatable bonds is 11. The number of aromatic amines is 1. The number of hydrogen-bond acceptors (Lipinski definition) is 10. The van der Waals surface area contributed by atoms with Gasteiger partial charge in [-0.2, -0.15) is 0 Å². The van der Waals surface area contributed by atoms with Crippen LogP contribution < -0.4 is 44.0 Å². The van der Waals surface area contributed by atoms with Gasteiger partial charge in [0.25, 0.3) is 22.7 Å². The SMILES string of the molecule is NC(=O)[C@H](NC(=O)c1cc(C(=O)NCc2ccc(F)c(CNc3c(N)c(=O)c3=O)c2)n2c(=O)[nH]cc2n1)c1ccc(C(=O)O)cc1. The number of nitrogens with one attached hydrogen (secondary N) is 4. The van der Waals surface area contributed by atoms with Crippen LogP contribution in [0.15, 0.2) is 69.1 Å². The molecule has 0 radical (unpaired) electrons. The lowest BCUT2D eigenvalue weighted by Gasteiger charge is -2.16. The Bertz CT molecular complexity index is 2180. The second kappa shape index (κ2) is 12.2. The van der Waals surface area contributed by atoms with Crippen LogP contribution in [0.2, 0.25) is 0 Å². The maximum absolute atomic E-state index is 14.4. The Morgan fingerprint density at radius 1 is 0.978 bits per heavy atom. The van der Waals surface area contributed by atoms with Crippen molar-refractivity contribution in [3.05, 3.63) is 125 Å². The molecule has 5 aromatic rings. The fourth-order valence-electron chi connectivity index (χ4n) is 4.56. The van der Waals surface area contributed by atoms with Crippen molar-refractivity contribution in [2.24, 2.45) is 5.73 Å². The van der Waals surface area contributed by atoms with Gasteiger partial charge in [0.2, 0.25) is 5.91 Å². The molecule has 2 aromatic heterocycles. The molecule has 0 bridgehead atoms. The van der Waals surface area contributed by atoms with Gasteiger partial charge in [-0.3, -0.25) is 24.0 Å². The summed E-state index contributed by atoms with van der Waals surface area (Å²) in [6.45, 7) is -0.337. The Balaban J connectivity index is 1.35. The van der Waals surface area contributed by atoms with Gasteiger partial charge >= 0.3 is 11.7 Å². The molecule has 0 aliphatic carbocycles. The van der Waals surface area contributed by atoms with Crippen LogP contribution in [0, 0.1) is 5.82 Å². The molecule has 234 valence electrons. The third-order valence-electron chi connectivity index (χ3n) is 6.99. The van der Waals surface area contributed by atoms with Crippen molar-refractivity contribution >= 4 is 40.7 Å². The first-order valence-electron chi connectivity index (χ1n) is 13.3. The van der Waals surface area contributed by atoms with Gasteiger partial charge in [0.15, 0.2) is 5.65 Å². The maximum atomic E-state index is 14.4. The van der Waals surface area contributed by atoms with Crippen molar-refractivity contribution in [3.8, 4) is 0 Å². The van der Waals surface area contributed by atoms with E-state index in [0.717, 1.165) is 22.7 Å². The van der Waals surface area contributed by atoms with Crippen LogP contribution in [0.25, 0.3) is 5.65 Å². The molecule has 3 aromatic carbocycles. The lowest BCUT2D eigenvalue weighted by Crippen LogP contribution is -2.38. The van der Waals surface area contributed by atoms with Gasteiger partial charge in [-0.05, 0) is 41.5 Å². The average molecular weight is 631 g/mol. The van der Waals surface area contributed by atoms with Gasteiger partial charge in [-0.15, -0.1) is 0 Å². The van der Waals surface area contributed by atoms with Crippen LogP contribution in [0.1, 0.15) is 54.1 Å². The lowest BCUT2D eigenvalue weighted by atomic mass is 10.0. The van der Waals surface area contributed by atoms with Crippen molar-refractivity contribution < 1.29 is 28.7 Å². The number of primary amides is 1. The van der Waals surface area contributed by atoms with Crippen LogP contribution >= 0.6 is 0 Å². The smallest absolute Gasteiger partial charge is 0.335 e. The van der Waals surface area contributed by atoms with Crippen LogP contribution in [-0.4, -0.2) is 43.2 Å². The topological polar surface area (TPSA) is 261 Å². The van der Waals surface area contributed by atoms with Crippen molar-refractivity contribution in [1.82, 2.24) is 25.0 Å². The van der Waals surface area contributed by atoms with E-state index in [9.17, 15) is 38.0 Å². The number of aromatic carboxylic acids is 1. The first-order chi connectivity index (χ1) is 21.8. The molecule has 17 heteroatoms. The summed E-state index contributed by atoms with van der Waals surface area (Å²) in [5, 5.41) is 16.7. The zero-order valence-corrected chi connectivity index (χ0v) is 23.4. The molecule has 16 nitrogen and oxygen atoms in total. The van der Waals surface area contributed by atoms with E-state index in [0.29, 0.717) is 5.56 Å². The summed E-state index contributed by atoms with van der Waals surface area (Å²) in [4.78, 5) is 91.6. The fraction of sp³-hybridized carbons (Fsp3) is 0.103. The molecular formula is C29H23FN8O8. The zero-order valence-electron chi connectivity index (χ0n) is 23.4. The number of nitrogens with two attached hydrogens (primary N) is 2. The predicted octanol–water partition coefficient (Wildman–Crippen LogP) is -0.463. The minimum atomic E-state index is -1.39. The summed E-state index contributed by atoms with van der Waals surface area (Å²) in [5.41, 5.74) is 8.13. The highest BCUT2D eigenvalue weighted by Crippen LogP contribution is 2.17. The van der Waals surface area contributed by atoms with E-state index >= 15 is 0 Å². The number of carboxylic acids is 1. The minimum Gasteiger partial charge on any atom is -0.478 e. The molecule has 0 saturated carbocycles. The molecule has 3 amide bonds. The van der Waals surface area contributed by atoms with Crippen LogP contribution in [-0.2, 0) is 17.9 Å². The van der Waals surface area contributed by atoms with E-state index in [-0.39, 0.29) is 58.2 Å². The molecular weight excluding hydrogens is 607 g/mol. The number of imidazole rings is 1. The number of carbonyl (C=O) groups excluding carboxylic acids is 3. The molecule has 0 spiro atoms. The quantitative estimate of drug-likeness (QED) is 0.0918. The number of hydrogen-bond donors (Lipinski definition) is 7. The van der Waals surface area contributed by atoms with E-state index in [1.54, 1.807) is 0 Å². The van der Waals surface area contributed by atoms with E-state index < -0.39 is 52.1 Å². The van der Waals surface area contributed by atoms with Gasteiger partial charge in [0, 0.05) is 24.8 Å². The van der Waals surface area contributed by atoms with Crippen molar-refractivity contribution in [2.75, 3.05) is 11.1 Å². The molecule has 0 saturated heterocycles. The standard InChI is InChI=1S/C29H23FN8O8/c30-16-6-1-12(7-15(16)10-33-22-20(31)23(39)24(22)40)9-34-27(43)18-8-17(36-19-11-35-29(46)38(18)19)26(42)37-21(25(32)41)13-2-4-14(5-3-13)28(44)45/h1-8,11,21,33H,9-10,31H2,(H2,32,41)(H,34,43)(H,35,46)(H,37,42)(H,44,45)/t21-/m1/s1. The second-order valence-corrected chi connectivity index (χ2v) is 9.96. The maximum Gasteiger partial charge on any atom is 0.335 e. The van der Waals surface area contributed by atoms with Crippen molar-refractivity contribution in [1.29, 1.82) is 0 Å². The number of nitrogens with zero attached hydrogens (tertiary/aromatic N) is 2. The minimum absolute atomic E-state index is 0.0572. The molecule has 2 heterocycles. The largest absolute Gasteiger partial charge is 0.478 e. The van der Waals surface area contributed by atoms with Crippen molar-refractivity contribution in [3.63, 3.8) is 0 Å². The van der Waals surface area contributed by atoms with Gasteiger partial charge in [-0.1, -0.05) is 18.2 Å². The first kappa shape index (κ1) is 30.8. The Kier molecular flexibility index (Phi) is 8.14. The molecule has 0 fully saturated rings. The third-order valence-corrected chi connectivity index (χ3v) is 6.99. The zero-order chi connectivity index (χ0) is 33.3. The number of H-pyrrole nitrogens is 1. The Morgan fingerprint density at radius 2 is 1.70 bits per heavy atom. The van der Waals surface area contributed by atoms with Crippen LogP contribution in [0.4, 0.5) is 15.8 Å². The molecule has 9 N–H and O–H groups in total. The third kappa shape index (κ3) is 5.91. The lowest BCUT2D eigenvalue weighted by molar-refractivity contribution is -0.120. The monoisotopic (exact) mass is 630 g/mol. The molecule has 0 aliphatic heterocycles. The summed E-state index contributed by atoms with van der Waals surface area (Å²) in [5.74, 6) is -4.54. The fourth-order valence-corrected chi connectivity index (χ4v) is 4.56. The number of halogens is 1. The van der Waals surface area contributed by atoms with E-state index in [2.05, 4.69) is 25.9 Å². The van der Waals surface area contributed by atoms with Crippen molar-refractivity contribution in [2.45, 2.75) is 19.1 Å². The summed E-state index contributed by atoms with van der Waals surface area (Å²) >= 11 is 0. The predicted molar refractivity (Wildman–Crippen MR) is 159 cm³/mol.